The molecule has 0 amide bonds. The molecule has 0 aliphatic carbocycles. The van der Waals surface area contributed by atoms with E-state index in [9.17, 15) is 5.11 Å². The summed E-state index contributed by atoms with van der Waals surface area (Å²) >= 11 is 0. The molecule has 0 fully saturated rings. The van der Waals surface area contributed by atoms with Crippen molar-refractivity contribution in [2.75, 3.05) is 13.1 Å². The summed E-state index contributed by atoms with van der Waals surface area (Å²) in [6.07, 6.45) is 0.640. The molecule has 2 rings (SSSR count). The van der Waals surface area contributed by atoms with E-state index in [0.29, 0.717) is 12.2 Å². The van der Waals surface area contributed by atoms with Crippen LogP contribution >= 0.6 is 0 Å². The minimum atomic E-state index is -0.915. The van der Waals surface area contributed by atoms with Crippen LogP contribution in [0.1, 0.15) is 26.0 Å². The van der Waals surface area contributed by atoms with Crippen molar-refractivity contribution in [3.05, 3.63) is 36.1 Å². The maximum atomic E-state index is 10.4. The van der Waals surface area contributed by atoms with E-state index in [-0.39, 0.29) is 0 Å². The highest BCUT2D eigenvalue weighted by Crippen LogP contribution is 2.29. The van der Waals surface area contributed by atoms with Crippen molar-refractivity contribution in [3.8, 4) is 0 Å². The molecule has 1 aromatic heterocycles. The number of nitrogens with one attached hydrogen (secondary N) is 1. The van der Waals surface area contributed by atoms with Gasteiger partial charge in [-0.05, 0) is 38.6 Å². The second-order valence-electron chi connectivity index (χ2n) is 4.53. The van der Waals surface area contributed by atoms with E-state index in [1.165, 1.54) is 0 Å². The van der Waals surface area contributed by atoms with Gasteiger partial charge in [0.05, 0.1) is 0 Å². The summed E-state index contributed by atoms with van der Waals surface area (Å²) in [6.45, 7) is 5.54. The van der Waals surface area contributed by atoms with Crippen LogP contribution in [0.4, 0.5) is 0 Å². The number of aliphatic hydroxyl groups is 1. The lowest BCUT2D eigenvalue weighted by molar-refractivity contribution is 0.0273. The Balaban J connectivity index is 2.19. The van der Waals surface area contributed by atoms with Gasteiger partial charge < -0.3 is 14.8 Å². The number of hydrogen-bond donors (Lipinski definition) is 2. The van der Waals surface area contributed by atoms with E-state index in [0.717, 1.165) is 24.1 Å². The van der Waals surface area contributed by atoms with Crippen molar-refractivity contribution in [1.29, 1.82) is 0 Å². The SMILES string of the molecule is CCNCCC(C)(O)c1cc2ccccc2o1. The van der Waals surface area contributed by atoms with E-state index in [2.05, 4.69) is 12.2 Å². The molecule has 0 bridgehead atoms. The second kappa shape index (κ2) is 4.90. The fourth-order valence-electron chi connectivity index (χ4n) is 1.88. The van der Waals surface area contributed by atoms with Gasteiger partial charge in [0.15, 0.2) is 0 Å². The first-order valence-electron chi connectivity index (χ1n) is 6.05. The lowest BCUT2D eigenvalue weighted by atomic mass is 9.99. The summed E-state index contributed by atoms with van der Waals surface area (Å²) in [7, 11) is 0. The number of benzene rings is 1. The fourth-order valence-corrected chi connectivity index (χ4v) is 1.88. The second-order valence-corrected chi connectivity index (χ2v) is 4.53. The van der Waals surface area contributed by atoms with Crippen molar-refractivity contribution in [2.45, 2.75) is 25.9 Å². The molecule has 0 saturated heterocycles. The van der Waals surface area contributed by atoms with Crippen LogP contribution in [0.25, 0.3) is 11.0 Å². The van der Waals surface area contributed by atoms with Gasteiger partial charge in [0.2, 0.25) is 0 Å². The molecule has 2 N–H and O–H groups in total. The molecule has 2 aromatic rings. The third-order valence-electron chi connectivity index (χ3n) is 2.99. The summed E-state index contributed by atoms with van der Waals surface area (Å²) in [5, 5.41) is 14.6. The van der Waals surface area contributed by atoms with Gasteiger partial charge in [-0.1, -0.05) is 25.1 Å². The van der Waals surface area contributed by atoms with E-state index < -0.39 is 5.60 Å². The van der Waals surface area contributed by atoms with Gasteiger partial charge in [-0.15, -0.1) is 0 Å². The molecule has 1 heterocycles. The van der Waals surface area contributed by atoms with Crippen LogP contribution in [0.5, 0.6) is 0 Å². The summed E-state index contributed by atoms with van der Waals surface area (Å²) in [6, 6.07) is 9.72. The molecule has 1 unspecified atom stereocenters. The Morgan fingerprint density at radius 3 is 2.82 bits per heavy atom. The number of furan rings is 1. The smallest absolute Gasteiger partial charge is 0.136 e. The van der Waals surface area contributed by atoms with Gasteiger partial charge in [0, 0.05) is 5.39 Å². The Morgan fingerprint density at radius 2 is 2.12 bits per heavy atom. The number of rotatable bonds is 5. The van der Waals surface area contributed by atoms with E-state index in [1.807, 2.05) is 30.3 Å². The lowest BCUT2D eigenvalue weighted by Gasteiger charge is -2.20. The predicted molar refractivity (Wildman–Crippen MR) is 68.9 cm³/mol. The van der Waals surface area contributed by atoms with Crippen molar-refractivity contribution in [3.63, 3.8) is 0 Å². The first-order chi connectivity index (χ1) is 8.13. The Kier molecular flexibility index (Phi) is 3.50. The molecule has 0 aliphatic heterocycles. The molecule has 17 heavy (non-hydrogen) atoms. The van der Waals surface area contributed by atoms with Crippen LogP contribution in [0.2, 0.25) is 0 Å². The number of hydrogen-bond acceptors (Lipinski definition) is 3. The first kappa shape index (κ1) is 12.1. The zero-order chi connectivity index (χ0) is 12.3. The Morgan fingerprint density at radius 1 is 1.35 bits per heavy atom. The minimum Gasteiger partial charge on any atom is -0.458 e. The monoisotopic (exact) mass is 233 g/mol. The highest BCUT2D eigenvalue weighted by molar-refractivity contribution is 5.77. The van der Waals surface area contributed by atoms with Crippen LogP contribution in [-0.2, 0) is 5.60 Å². The molecular weight excluding hydrogens is 214 g/mol. The third kappa shape index (κ3) is 2.68. The molecule has 0 aliphatic rings. The molecular formula is C14H19NO2. The first-order valence-corrected chi connectivity index (χ1v) is 6.05. The molecule has 3 heteroatoms. The zero-order valence-electron chi connectivity index (χ0n) is 10.4. The van der Waals surface area contributed by atoms with Crippen LogP contribution in [0.3, 0.4) is 0 Å². The van der Waals surface area contributed by atoms with Crippen molar-refractivity contribution >= 4 is 11.0 Å². The van der Waals surface area contributed by atoms with E-state index >= 15 is 0 Å². The number of para-hydroxylation sites is 1. The lowest BCUT2D eigenvalue weighted by Crippen LogP contribution is -2.27. The Hall–Kier alpha value is -1.32. The van der Waals surface area contributed by atoms with Crippen LogP contribution in [0, 0.1) is 0 Å². The van der Waals surface area contributed by atoms with Crippen molar-refractivity contribution in [1.82, 2.24) is 5.32 Å². The molecule has 3 nitrogen and oxygen atoms in total. The van der Waals surface area contributed by atoms with Crippen molar-refractivity contribution in [2.24, 2.45) is 0 Å². The van der Waals surface area contributed by atoms with Gasteiger partial charge in [-0.3, -0.25) is 0 Å². The quantitative estimate of drug-likeness (QED) is 0.780. The summed E-state index contributed by atoms with van der Waals surface area (Å²) < 4.78 is 5.69. The van der Waals surface area contributed by atoms with Gasteiger partial charge in [0.25, 0.3) is 0 Å². The fraction of sp³-hybridized carbons (Fsp3) is 0.429. The zero-order valence-corrected chi connectivity index (χ0v) is 10.4. The van der Waals surface area contributed by atoms with Crippen LogP contribution < -0.4 is 5.32 Å². The van der Waals surface area contributed by atoms with Crippen LogP contribution in [-0.4, -0.2) is 18.2 Å². The van der Waals surface area contributed by atoms with E-state index in [4.69, 9.17) is 4.42 Å². The van der Waals surface area contributed by atoms with Gasteiger partial charge in [-0.25, -0.2) is 0 Å². The molecule has 0 saturated carbocycles. The normalized spacial score (nSPS) is 15.0. The molecule has 92 valence electrons. The van der Waals surface area contributed by atoms with Crippen LogP contribution in [0.15, 0.2) is 34.7 Å². The topological polar surface area (TPSA) is 45.4 Å². The predicted octanol–water partition coefficient (Wildman–Crippen LogP) is 2.64. The standard InChI is InChI=1S/C14H19NO2/c1-3-15-9-8-14(2,16)13-10-11-6-4-5-7-12(11)17-13/h4-7,10,15-16H,3,8-9H2,1-2H3. The van der Waals surface area contributed by atoms with Gasteiger partial charge in [0.1, 0.15) is 16.9 Å². The maximum Gasteiger partial charge on any atom is 0.136 e. The average Bonchev–Trinajstić information content (AvgIpc) is 2.73. The maximum absolute atomic E-state index is 10.4. The highest BCUT2D eigenvalue weighted by Gasteiger charge is 2.26. The molecule has 1 atom stereocenters. The number of fused-ring (bicyclic) bond motifs is 1. The molecule has 0 radical (unpaired) electrons. The Bertz CT molecular complexity index is 455. The summed E-state index contributed by atoms with van der Waals surface area (Å²) in [5.41, 5.74) is -0.0903. The van der Waals surface area contributed by atoms with E-state index in [1.54, 1.807) is 6.92 Å². The summed E-state index contributed by atoms with van der Waals surface area (Å²) in [4.78, 5) is 0. The highest BCUT2D eigenvalue weighted by atomic mass is 16.4. The third-order valence-corrected chi connectivity index (χ3v) is 2.99. The molecule has 0 spiro atoms. The minimum absolute atomic E-state index is 0.636. The van der Waals surface area contributed by atoms with Crippen molar-refractivity contribution < 1.29 is 9.52 Å². The summed E-state index contributed by atoms with van der Waals surface area (Å²) in [5.74, 6) is 0.636. The largest absolute Gasteiger partial charge is 0.458 e. The Labute approximate surface area is 101 Å². The van der Waals surface area contributed by atoms with Gasteiger partial charge >= 0.3 is 0 Å². The van der Waals surface area contributed by atoms with Gasteiger partial charge in [-0.2, -0.15) is 0 Å². The molecule has 1 aromatic carbocycles. The average molecular weight is 233 g/mol.